The number of nitrogens with two attached hydrogens (primary N) is 1. The standard InChI is InChI=1S/C12H14BrFN2O/c13-11-2-1-9(14)5-8(11)6-12(17)16-4-3-10(15)7-16/h1-2,5,10H,3-4,6-7,15H2/t10-/m1/s1. The zero-order valence-corrected chi connectivity index (χ0v) is 10.9. The number of nitrogens with zero attached hydrogens (tertiary/aromatic N) is 1. The van der Waals surface area contributed by atoms with Gasteiger partial charge >= 0.3 is 0 Å². The van der Waals surface area contributed by atoms with Crippen LogP contribution >= 0.6 is 15.9 Å². The zero-order valence-electron chi connectivity index (χ0n) is 9.33. The first-order valence-electron chi connectivity index (χ1n) is 5.53. The molecule has 1 atom stereocenters. The van der Waals surface area contributed by atoms with Gasteiger partial charge in [-0.05, 0) is 30.2 Å². The van der Waals surface area contributed by atoms with Gasteiger partial charge < -0.3 is 10.6 Å². The third-order valence-corrected chi connectivity index (χ3v) is 3.70. The number of carbonyl (C=O) groups is 1. The minimum atomic E-state index is -0.325. The van der Waals surface area contributed by atoms with Crippen molar-refractivity contribution in [3.8, 4) is 0 Å². The summed E-state index contributed by atoms with van der Waals surface area (Å²) in [4.78, 5) is 13.7. The molecule has 1 aromatic rings. The summed E-state index contributed by atoms with van der Waals surface area (Å²) in [6, 6.07) is 4.45. The number of hydrogen-bond donors (Lipinski definition) is 1. The predicted octanol–water partition coefficient (Wildman–Crippen LogP) is 1.69. The molecular formula is C12H14BrFN2O. The van der Waals surface area contributed by atoms with Crippen LogP contribution in [0.3, 0.4) is 0 Å². The highest BCUT2D eigenvalue weighted by molar-refractivity contribution is 9.10. The normalized spacial score (nSPS) is 19.7. The third kappa shape index (κ3) is 3.04. The molecule has 1 aliphatic rings. The Morgan fingerprint density at radius 3 is 3.00 bits per heavy atom. The molecule has 2 rings (SSSR count). The van der Waals surface area contributed by atoms with Gasteiger partial charge in [-0.25, -0.2) is 4.39 Å². The quantitative estimate of drug-likeness (QED) is 0.903. The van der Waals surface area contributed by atoms with Crippen molar-refractivity contribution < 1.29 is 9.18 Å². The molecule has 1 saturated heterocycles. The van der Waals surface area contributed by atoms with Crippen LogP contribution in [0.1, 0.15) is 12.0 Å². The van der Waals surface area contributed by atoms with Gasteiger partial charge in [0, 0.05) is 23.6 Å². The number of hydrogen-bond acceptors (Lipinski definition) is 2. The molecule has 1 fully saturated rings. The molecule has 0 spiro atoms. The SMILES string of the molecule is N[C@@H]1CCN(C(=O)Cc2cc(F)ccc2Br)C1. The van der Waals surface area contributed by atoms with Crippen molar-refractivity contribution in [2.75, 3.05) is 13.1 Å². The molecular weight excluding hydrogens is 287 g/mol. The fraction of sp³-hybridized carbons (Fsp3) is 0.417. The Labute approximate surface area is 108 Å². The summed E-state index contributed by atoms with van der Waals surface area (Å²) in [5.41, 5.74) is 6.42. The van der Waals surface area contributed by atoms with Crippen molar-refractivity contribution in [1.82, 2.24) is 4.90 Å². The molecule has 0 unspecified atom stereocenters. The Morgan fingerprint density at radius 1 is 1.59 bits per heavy atom. The molecule has 0 bridgehead atoms. The molecule has 0 radical (unpaired) electrons. The van der Waals surface area contributed by atoms with Crippen LogP contribution in [0.2, 0.25) is 0 Å². The van der Waals surface area contributed by atoms with Crippen LogP contribution in [-0.2, 0) is 11.2 Å². The fourth-order valence-electron chi connectivity index (χ4n) is 1.97. The van der Waals surface area contributed by atoms with Gasteiger partial charge in [0.15, 0.2) is 0 Å². The van der Waals surface area contributed by atoms with E-state index in [0.29, 0.717) is 18.7 Å². The molecule has 1 heterocycles. The average molecular weight is 301 g/mol. The summed E-state index contributed by atoms with van der Waals surface area (Å²) in [7, 11) is 0. The maximum Gasteiger partial charge on any atom is 0.227 e. The second kappa shape index (κ2) is 5.14. The maximum atomic E-state index is 13.1. The summed E-state index contributed by atoms with van der Waals surface area (Å²) >= 11 is 3.32. The van der Waals surface area contributed by atoms with Crippen LogP contribution in [0.5, 0.6) is 0 Å². The Balaban J connectivity index is 2.05. The highest BCUT2D eigenvalue weighted by Gasteiger charge is 2.23. The first kappa shape index (κ1) is 12.5. The van der Waals surface area contributed by atoms with Crippen molar-refractivity contribution in [3.63, 3.8) is 0 Å². The summed E-state index contributed by atoms with van der Waals surface area (Å²) in [5, 5.41) is 0. The number of halogens is 2. The minimum Gasteiger partial charge on any atom is -0.341 e. The highest BCUT2D eigenvalue weighted by atomic mass is 79.9. The lowest BCUT2D eigenvalue weighted by molar-refractivity contribution is -0.129. The van der Waals surface area contributed by atoms with Gasteiger partial charge in [0.25, 0.3) is 0 Å². The van der Waals surface area contributed by atoms with E-state index in [1.54, 1.807) is 11.0 Å². The Bertz CT molecular complexity index is 439. The first-order chi connectivity index (χ1) is 8.06. The van der Waals surface area contributed by atoms with Gasteiger partial charge in [0.2, 0.25) is 5.91 Å². The number of likely N-dealkylation sites (tertiary alicyclic amines) is 1. The zero-order chi connectivity index (χ0) is 12.4. The monoisotopic (exact) mass is 300 g/mol. The molecule has 0 aromatic heterocycles. The molecule has 0 aliphatic carbocycles. The van der Waals surface area contributed by atoms with Crippen molar-refractivity contribution >= 4 is 21.8 Å². The van der Waals surface area contributed by atoms with Crippen LogP contribution in [0.15, 0.2) is 22.7 Å². The van der Waals surface area contributed by atoms with Crippen molar-refractivity contribution in [2.24, 2.45) is 5.73 Å². The van der Waals surface area contributed by atoms with Gasteiger partial charge in [0.05, 0.1) is 6.42 Å². The molecule has 17 heavy (non-hydrogen) atoms. The lowest BCUT2D eigenvalue weighted by atomic mass is 10.1. The first-order valence-corrected chi connectivity index (χ1v) is 6.33. The van der Waals surface area contributed by atoms with E-state index >= 15 is 0 Å². The van der Waals surface area contributed by atoms with Gasteiger partial charge in [-0.1, -0.05) is 15.9 Å². The van der Waals surface area contributed by atoms with Crippen molar-refractivity contribution in [3.05, 3.63) is 34.1 Å². The molecule has 0 saturated carbocycles. The lowest BCUT2D eigenvalue weighted by Gasteiger charge is -2.16. The largest absolute Gasteiger partial charge is 0.341 e. The minimum absolute atomic E-state index is 0.00394. The second-order valence-electron chi connectivity index (χ2n) is 4.30. The van der Waals surface area contributed by atoms with E-state index in [1.807, 2.05) is 0 Å². The maximum absolute atomic E-state index is 13.1. The van der Waals surface area contributed by atoms with Crippen LogP contribution in [0.25, 0.3) is 0 Å². The van der Waals surface area contributed by atoms with E-state index in [-0.39, 0.29) is 24.2 Å². The van der Waals surface area contributed by atoms with Gasteiger partial charge in [0.1, 0.15) is 5.82 Å². The molecule has 5 heteroatoms. The molecule has 1 aromatic carbocycles. The molecule has 1 amide bonds. The Kier molecular flexibility index (Phi) is 3.79. The second-order valence-corrected chi connectivity index (χ2v) is 5.16. The van der Waals surface area contributed by atoms with Crippen LogP contribution in [0, 0.1) is 5.82 Å². The van der Waals surface area contributed by atoms with Crippen LogP contribution in [-0.4, -0.2) is 29.9 Å². The summed E-state index contributed by atoms with van der Waals surface area (Å²) in [5.74, 6) is -0.321. The molecule has 3 nitrogen and oxygen atoms in total. The Hall–Kier alpha value is -0.940. The highest BCUT2D eigenvalue weighted by Crippen LogP contribution is 2.20. The Morgan fingerprint density at radius 2 is 2.35 bits per heavy atom. The summed E-state index contributed by atoms with van der Waals surface area (Å²) in [6.45, 7) is 1.30. The molecule has 1 aliphatic heterocycles. The predicted molar refractivity (Wildman–Crippen MR) is 67.0 cm³/mol. The van der Waals surface area contributed by atoms with Crippen molar-refractivity contribution in [2.45, 2.75) is 18.9 Å². The van der Waals surface area contributed by atoms with Gasteiger partial charge in [-0.2, -0.15) is 0 Å². The number of rotatable bonds is 2. The van der Waals surface area contributed by atoms with E-state index in [2.05, 4.69) is 15.9 Å². The fourth-order valence-corrected chi connectivity index (χ4v) is 2.35. The topological polar surface area (TPSA) is 46.3 Å². The van der Waals surface area contributed by atoms with Gasteiger partial charge in [-0.15, -0.1) is 0 Å². The summed E-state index contributed by atoms with van der Waals surface area (Å²) < 4.78 is 13.8. The van der Waals surface area contributed by atoms with E-state index in [9.17, 15) is 9.18 Å². The lowest BCUT2D eigenvalue weighted by Crippen LogP contribution is -2.33. The average Bonchev–Trinajstić information content (AvgIpc) is 2.70. The van der Waals surface area contributed by atoms with E-state index in [4.69, 9.17) is 5.73 Å². The third-order valence-electron chi connectivity index (χ3n) is 2.93. The van der Waals surface area contributed by atoms with Crippen LogP contribution in [0.4, 0.5) is 4.39 Å². The van der Waals surface area contributed by atoms with E-state index < -0.39 is 0 Å². The summed E-state index contributed by atoms with van der Waals surface area (Å²) in [6.07, 6.45) is 1.06. The molecule has 2 N–H and O–H groups in total. The number of carbonyl (C=O) groups excluding carboxylic acids is 1. The smallest absolute Gasteiger partial charge is 0.227 e. The van der Waals surface area contributed by atoms with Crippen LogP contribution < -0.4 is 5.73 Å². The molecule has 92 valence electrons. The number of amides is 1. The number of benzene rings is 1. The van der Waals surface area contributed by atoms with Crippen molar-refractivity contribution in [1.29, 1.82) is 0 Å². The van der Waals surface area contributed by atoms with Gasteiger partial charge in [-0.3, -0.25) is 4.79 Å². The van der Waals surface area contributed by atoms with E-state index in [1.165, 1.54) is 12.1 Å². The van der Waals surface area contributed by atoms with E-state index in [0.717, 1.165) is 10.9 Å².